The molecule has 1 aromatic heterocycles. The number of nitrogens with zero attached hydrogens (tertiary/aromatic N) is 1. The minimum absolute atomic E-state index is 0.0529. The van der Waals surface area contributed by atoms with Gasteiger partial charge in [0.15, 0.2) is 0 Å². The molecular formula is C15H16BrNO3. The first-order chi connectivity index (χ1) is 9.63. The number of rotatable bonds is 5. The first kappa shape index (κ1) is 14.8. The van der Waals surface area contributed by atoms with E-state index in [-0.39, 0.29) is 5.56 Å². The van der Waals surface area contributed by atoms with Gasteiger partial charge in [-0.15, -0.1) is 0 Å². The lowest BCUT2D eigenvalue weighted by molar-refractivity contribution is 0.146. The second-order valence-corrected chi connectivity index (χ2v) is 5.15. The van der Waals surface area contributed by atoms with E-state index in [1.54, 1.807) is 24.8 Å². The molecule has 0 N–H and O–H groups in total. The maximum atomic E-state index is 11.9. The van der Waals surface area contributed by atoms with Crippen LogP contribution in [0.25, 0.3) is 11.3 Å². The highest BCUT2D eigenvalue weighted by Crippen LogP contribution is 2.22. The number of hydrogen-bond donors (Lipinski definition) is 0. The summed E-state index contributed by atoms with van der Waals surface area (Å²) in [5, 5.41) is 0. The van der Waals surface area contributed by atoms with Crippen molar-refractivity contribution in [2.45, 2.75) is 0 Å². The van der Waals surface area contributed by atoms with Crippen LogP contribution in [0, 0.1) is 0 Å². The van der Waals surface area contributed by atoms with E-state index >= 15 is 0 Å². The van der Waals surface area contributed by atoms with E-state index in [1.807, 2.05) is 30.3 Å². The standard InChI is InChI=1S/C15H16BrNO3/c1-17-14(8-7-13(16)15(17)18)11-3-5-12(6-4-11)20-10-9-19-2/h3-8H,9-10H2,1-2H3. The first-order valence-corrected chi connectivity index (χ1v) is 7.00. The van der Waals surface area contributed by atoms with Gasteiger partial charge in [-0.3, -0.25) is 4.79 Å². The number of methoxy groups -OCH3 is 1. The Morgan fingerprint density at radius 3 is 2.45 bits per heavy atom. The second-order valence-electron chi connectivity index (χ2n) is 4.30. The summed E-state index contributed by atoms with van der Waals surface area (Å²) in [5.74, 6) is 0.785. The van der Waals surface area contributed by atoms with Gasteiger partial charge in [-0.2, -0.15) is 0 Å². The zero-order valence-corrected chi connectivity index (χ0v) is 13.0. The third kappa shape index (κ3) is 3.29. The van der Waals surface area contributed by atoms with Crippen LogP contribution in [0.4, 0.5) is 0 Å². The molecule has 0 aliphatic carbocycles. The number of pyridine rings is 1. The number of ether oxygens (including phenoxy) is 2. The molecule has 0 amide bonds. The van der Waals surface area contributed by atoms with Crippen molar-refractivity contribution in [3.63, 3.8) is 0 Å². The third-order valence-electron chi connectivity index (χ3n) is 2.96. The molecule has 2 aromatic rings. The molecule has 20 heavy (non-hydrogen) atoms. The summed E-state index contributed by atoms with van der Waals surface area (Å²) >= 11 is 3.23. The number of benzene rings is 1. The molecular weight excluding hydrogens is 322 g/mol. The molecule has 0 aliphatic rings. The highest BCUT2D eigenvalue weighted by atomic mass is 79.9. The Labute approximate surface area is 126 Å². The summed E-state index contributed by atoms with van der Waals surface area (Å²) in [6.45, 7) is 1.08. The van der Waals surface area contributed by atoms with Gasteiger partial charge in [0.25, 0.3) is 5.56 Å². The fraction of sp³-hybridized carbons (Fsp3) is 0.267. The normalized spacial score (nSPS) is 10.6. The Balaban J connectivity index is 2.22. The molecule has 0 aliphatic heterocycles. The zero-order valence-electron chi connectivity index (χ0n) is 11.4. The largest absolute Gasteiger partial charge is 0.491 e. The number of halogens is 1. The number of aromatic nitrogens is 1. The topological polar surface area (TPSA) is 40.5 Å². The molecule has 106 valence electrons. The van der Waals surface area contributed by atoms with Gasteiger partial charge in [0, 0.05) is 14.2 Å². The third-order valence-corrected chi connectivity index (χ3v) is 3.57. The summed E-state index contributed by atoms with van der Waals surface area (Å²) in [6, 6.07) is 11.3. The molecule has 2 rings (SSSR count). The van der Waals surface area contributed by atoms with Gasteiger partial charge in [-0.1, -0.05) is 0 Å². The van der Waals surface area contributed by atoms with Gasteiger partial charge in [-0.25, -0.2) is 0 Å². The van der Waals surface area contributed by atoms with Crippen molar-refractivity contribution in [2.24, 2.45) is 7.05 Å². The summed E-state index contributed by atoms with van der Waals surface area (Å²) in [5.41, 5.74) is 1.78. The van der Waals surface area contributed by atoms with Gasteiger partial charge in [0.05, 0.1) is 16.8 Å². The zero-order chi connectivity index (χ0) is 14.5. The van der Waals surface area contributed by atoms with E-state index < -0.39 is 0 Å². The van der Waals surface area contributed by atoms with E-state index in [9.17, 15) is 4.79 Å². The van der Waals surface area contributed by atoms with E-state index in [2.05, 4.69) is 15.9 Å². The molecule has 4 nitrogen and oxygen atoms in total. The second kappa shape index (κ2) is 6.72. The van der Waals surface area contributed by atoms with Crippen LogP contribution < -0.4 is 10.3 Å². The predicted molar refractivity (Wildman–Crippen MR) is 82.2 cm³/mol. The average molecular weight is 338 g/mol. The molecule has 0 fully saturated rings. The number of hydrogen-bond acceptors (Lipinski definition) is 3. The van der Waals surface area contributed by atoms with Crippen molar-refractivity contribution in [3.8, 4) is 17.0 Å². The Morgan fingerprint density at radius 1 is 1.10 bits per heavy atom. The monoisotopic (exact) mass is 337 g/mol. The summed E-state index contributed by atoms with van der Waals surface area (Å²) in [6.07, 6.45) is 0. The van der Waals surface area contributed by atoms with Crippen LogP contribution in [-0.4, -0.2) is 24.9 Å². The molecule has 1 heterocycles. The highest BCUT2D eigenvalue weighted by Gasteiger charge is 2.06. The maximum absolute atomic E-state index is 11.9. The van der Waals surface area contributed by atoms with Gasteiger partial charge in [0.2, 0.25) is 0 Å². The summed E-state index contributed by atoms with van der Waals surface area (Å²) in [7, 11) is 3.39. The molecule has 5 heteroatoms. The highest BCUT2D eigenvalue weighted by molar-refractivity contribution is 9.10. The van der Waals surface area contributed by atoms with Crippen LogP contribution in [0.5, 0.6) is 5.75 Å². The van der Waals surface area contributed by atoms with Crippen molar-refractivity contribution >= 4 is 15.9 Å². The molecule has 0 saturated heterocycles. The molecule has 0 unspecified atom stereocenters. The minimum atomic E-state index is -0.0529. The Bertz CT molecular complexity index is 635. The molecule has 0 radical (unpaired) electrons. The first-order valence-electron chi connectivity index (χ1n) is 6.21. The van der Waals surface area contributed by atoms with E-state index in [0.29, 0.717) is 17.7 Å². The molecule has 1 aromatic carbocycles. The molecule has 0 atom stereocenters. The summed E-state index contributed by atoms with van der Waals surface area (Å²) < 4.78 is 12.6. The van der Waals surface area contributed by atoms with Crippen LogP contribution in [0.3, 0.4) is 0 Å². The van der Waals surface area contributed by atoms with Crippen molar-refractivity contribution in [3.05, 3.63) is 51.2 Å². The van der Waals surface area contributed by atoms with Crippen LogP contribution in [0.15, 0.2) is 45.7 Å². The van der Waals surface area contributed by atoms with E-state index in [1.165, 1.54) is 0 Å². The van der Waals surface area contributed by atoms with Crippen molar-refractivity contribution in [1.82, 2.24) is 4.57 Å². The van der Waals surface area contributed by atoms with Crippen LogP contribution in [-0.2, 0) is 11.8 Å². The lowest BCUT2D eigenvalue weighted by Gasteiger charge is -2.10. The van der Waals surface area contributed by atoms with E-state index in [0.717, 1.165) is 17.0 Å². The van der Waals surface area contributed by atoms with Gasteiger partial charge < -0.3 is 14.0 Å². The van der Waals surface area contributed by atoms with Gasteiger partial charge in [0.1, 0.15) is 12.4 Å². The van der Waals surface area contributed by atoms with Crippen LogP contribution in [0.2, 0.25) is 0 Å². The van der Waals surface area contributed by atoms with Crippen LogP contribution >= 0.6 is 15.9 Å². The van der Waals surface area contributed by atoms with Crippen molar-refractivity contribution < 1.29 is 9.47 Å². The SMILES string of the molecule is COCCOc1ccc(-c2ccc(Br)c(=O)n2C)cc1. The lowest BCUT2D eigenvalue weighted by Crippen LogP contribution is -2.18. The van der Waals surface area contributed by atoms with Gasteiger partial charge in [-0.05, 0) is 57.9 Å². The van der Waals surface area contributed by atoms with Gasteiger partial charge >= 0.3 is 0 Å². The molecule has 0 saturated carbocycles. The van der Waals surface area contributed by atoms with Crippen molar-refractivity contribution in [2.75, 3.05) is 20.3 Å². The Kier molecular flexibility index (Phi) is 4.98. The fourth-order valence-corrected chi connectivity index (χ4v) is 2.26. The Hall–Kier alpha value is -1.59. The van der Waals surface area contributed by atoms with E-state index in [4.69, 9.17) is 9.47 Å². The predicted octanol–water partition coefficient (Wildman–Crippen LogP) is 2.84. The maximum Gasteiger partial charge on any atom is 0.265 e. The lowest BCUT2D eigenvalue weighted by atomic mass is 10.1. The minimum Gasteiger partial charge on any atom is -0.491 e. The fourth-order valence-electron chi connectivity index (χ4n) is 1.86. The Morgan fingerprint density at radius 2 is 1.80 bits per heavy atom. The van der Waals surface area contributed by atoms with Crippen molar-refractivity contribution in [1.29, 1.82) is 0 Å². The van der Waals surface area contributed by atoms with Crippen LogP contribution in [0.1, 0.15) is 0 Å². The quantitative estimate of drug-likeness (QED) is 0.787. The smallest absolute Gasteiger partial charge is 0.265 e. The molecule has 0 bridgehead atoms. The average Bonchev–Trinajstić information content (AvgIpc) is 2.46. The summed E-state index contributed by atoms with van der Waals surface area (Å²) in [4.78, 5) is 11.9. The molecule has 0 spiro atoms.